The molecule has 1 fully saturated rings. The highest BCUT2D eigenvalue weighted by molar-refractivity contribution is 5.78. The van der Waals surface area contributed by atoms with Crippen molar-refractivity contribution in [2.24, 2.45) is 0 Å². The van der Waals surface area contributed by atoms with Crippen molar-refractivity contribution >= 4 is 5.91 Å². The van der Waals surface area contributed by atoms with Crippen LogP contribution < -0.4 is 5.43 Å². The Hall–Kier alpha value is -0.610. The van der Waals surface area contributed by atoms with E-state index in [0.29, 0.717) is 6.54 Å². The second-order valence-electron chi connectivity index (χ2n) is 2.09. The van der Waals surface area contributed by atoms with Crippen LogP contribution in [0, 0.1) is 0 Å². The largest absolute Gasteiger partial charge is 0.391 e. The number of aliphatic hydroxyl groups is 1. The first-order chi connectivity index (χ1) is 4.24. The second kappa shape index (κ2) is 2.33. The van der Waals surface area contributed by atoms with Crippen molar-refractivity contribution in [1.82, 2.24) is 10.4 Å². The van der Waals surface area contributed by atoms with Crippen LogP contribution in [0.3, 0.4) is 0 Å². The lowest BCUT2D eigenvalue weighted by atomic mass is 10.3. The number of carbonyl (C=O) groups is 1. The predicted molar refractivity (Wildman–Crippen MR) is 31.4 cm³/mol. The van der Waals surface area contributed by atoms with Crippen molar-refractivity contribution in [3.63, 3.8) is 0 Å². The molecule has 2 N–H and O–H groups in total. The van der Waals surface area contributed by atoms with E-state index in [2.05, 4.69) is 5.43 Å². The third-order valence-electron chi connectivity index (χ3n) is 1.37. The van der Waals surface area contributed by atoms with E-state index in [1.807, 2.05) is 0 Å². The number of hydrogen-bond donors (Lipinski definition) is 2. The Morgan fingerprint density at radius 2 is 2.56 bits per heavy atom. The number of nitrogens with one attached hydrogen (secondary N) is 1. The molecule has 0 aromatic carbocycles. The molecule has 0 radical (unpaired) electrons. The number of β-amino-alcohol motifs (C(OH)–C–C–N with tert-alkyl or cyclic N) is 1. The Bertz CT molecular complexity index is 126. The molecule has 1 aliphatic heterocycles. The quantitative estimate of drug-likeness (QED) is 0.464. The van der Waals surface area contributed by atoms with Crippen LogP contribution in [0.25, 0.3) is 0 Å². The van der Waals surface area contributed by atoms with E-state index in [-0.39, 0.29) is 12.3 Å². The van der Waals surface area contributed by atoms with Crippen molar-refractivity contribution in [3.8, 4) is 0 Å². The highest BCUT2D eigenvalue weighted by atomic mass is 16.3. The Morgan fingerprint density at radius 1 is 1.89 bits per heavy atom. The van der Waals surface area contributed by atoms with Crippen molar-refractivity contribution in [3.05, 3.63) is 0 Å². The minimum Gasteiger partial charge on any atom is -0.391 e. The van der Waals surface area contributed by atoms with Gasteiger partial charge in [0.1, 0.15) is 0 Å². The summed E-state index contributed by atoms with van der Waals surface area (Å²) in [4.78, 5) is 10.7. The average Bonchev–Trinajstić information content (AvgIpc) is 2.10. The van der Waals surface area contributed by atoms with Gasteiger partial charge in [-0.3, -0.25) is 9.80 Å². The first-order valence-corrected chi connectivity index (χ1v) is 2.90. The SMILES string of the molecule is CNN1CC(O)CC1=O. The summed E-state index contributed by atoms with van der Waals surface area (Å²) < 4.78 is 0. The van der Waals surface area contributed by atoms with E-state index in [4.69, 9.17) is 5.11 Å². The van der Waals surface area contributed by atoms with E-state index >= 15 is 0 Å². The topological polar surface area (TPSA) is 52.6 Å². The van der Waals surface area contributed by atoms with Gasteiger partial charge in [-0.2, -0.15) is 0 Å². The summed E-state index contributed by atoms with van der Waals surface area (Å²) in [6.45, 7) is 0.412. The molecule has 0 saturated carbocycles. The lowest BCUT2D eigenvalue weighted by Crippen LogP contribution is -2.36. The van der Waals surface area contributed by atoms with Crippen LogP contribution in [0.2, 0.25) is 0 Å². The van der Waals surface area contributed by atoms with Gasteiger partial charge in [-0.15, -0.1) is 0 Å². The average molecular weight is 130 g/mol. The number of aliphatic hydroxyl groups excluding tert-OH is 1. The molecule has 1 heterocycles. The van der Waals surface area contributed by atoms with Crippen LogP contribution in [-0.2, 0) is 4.79 Å². The van der Waals surface area contributed by atoms with E-state index in [9.17, 15) is 4.79 Å². The van der Waals surface area contributed by atoms with Gasteiger partial charge < -0.3 is 5.11 Å². The summed E-state index contributed by atoms with van der Waals surface area (Å²) in [6, 6.07) is 0. The molecule has 0 bridgehead atoms. The summed E-state index contributed by atoms with van der Waals surface area (Å²) in [6.07, 6.45) is -0.231. The van der Waals surface area contributed by atoms with Gasteiger partial charge in [0, 0.05) is 7.05 Å². The molecule has 4 nitrogen and oxygen atoms in total. The summed E-state index contributed by atoms with van der Waals surface area (Å²) in [5, 5.41) is 10.3. The van der Waals surface area contributed by atoms with Crippen LogP contribution in [0.4, 0.5) is 0 Å². The fraction of sp³-hybridized carbons (Fsp3) is 0.800. The Balaban J connectivity index is 2.48. The van der Waals surface area contributed by atoms with Crippen molar-refractivity contribution in [2.75, 3.05) is 13.6 Å². The zero-order chi connectivity index (χ0) is 6.85. The van der Waals surface area contributed by atoms with E-state index in [1.165, 1.54) is 5.01 Å². The van der Waals surface area contributed by atoms with E-state index < -0.39 is 6.10 Å². The number of hydrazine groups is 1. The molecular weight excluding hydrogens is 120 g/mol. The van der Waals surface area contributed by atoms with Gasteiger partial charge in [0.15, 0.2) is 0 Å². The number of nitrogens with zero attached hydrogens (tertiary/aromatic N) is 1. The van der Waals surface area contributed by atoms with Gasteiger partial charge in [0.2, 0.25) is 5.91 Å². The van der Waals surface area contributed by atoms with Gasteiger partial charge in [0.05, 0.1) is 19.1 Å². The lowest BCUT2D eigenvalue weighted by Gasteiger charge is -2.11. The van der Waals surface area contributed by atoms with Crippen molar-refractivity contribution < 1.29 is 9.90 Å². The molecule has 1 unspecified atom stereocenters. The van der Waals surface area contributed by atoms with Crippen LogP contribution in [0.15, 0.2) is 0 Å². The molecular formula is C5H10N2O2. The molecule has 1 amide bonds. The molecule has 52 valence electrons. The van der Waals surface area contributed by atoms with Crippen LogP contribution in [-0.4, -0.2) is 35.7 Å². The van der Waals surface area contributed by atoms with Gasteiger partial charge in [0.25, 0.3) is 0 Å². The summed E-state index contributed by atoms with van der Waals surface area (Å²) >= 11 is 0. The summed E-state index contributed by atoms with van der Waals surface area (Å²) in [7, 11) is 1.66. The predicted octanol–water partition coefficient (Wildman–Crippen LogP) is -1.29. The third-order valence-corrected chi connectivity index (χ3v) is 1.37. The molecule has 4 heteroatoms. The number of hydrogen-bond acceptors (Lipinski definition) is 3. The Labute approximate surface area is 53.4 Å². The minimum absolute atomic E-state index is 0.0370. The molecule has 0 aliphatic carbocycles. The first kappa shape index (κ1) is 6.51. The van der Waals surface area contributed by atoms with E-state index in [1.54, 1.807) is 7.05 Å². The maximum atomic E-state index is 10.7. The van der Waals surface area contributed by atoms with Gasteiger partial charge in [-0.25, -0.2) is 5.43 Å². The summed E-state index contributed by atoms with van der Waals surface area (Å²) in [5.41, 5.74) is 2.67. The second-order valence-corrected chi connectivity index (χ2v) is 2.09. The maximum Gasteiger partial charge on any atom is 0.239 e. The van der Waals surface area contributed by atoms with Crippen LogP contribution >= 0.6 is 0 Å². The molecule has 0 aromatic heterocycles. The van der Waals surface area contributed by atoms with Gasteiger partial charge in [-0.05, 0) is 0 Å². The van der Waals surface area contributed by atoms with Crippen LogP contribution in [0.5, 0.6) is 0 Å². The normalized spacial score (nSPS) is 27.6. The highest BCUT2D eigenvalue weighted by Crippen LogP contribution is 2.06. The molecule has 1 saturated heterocycles. The zero-order valence-electron chi connectivity index (χ0n) is 5.29. The number of amides is 1. The minimum atomic E-state index is -0.482. The highest BCUT2D eigenvalue weighted by Gasteiger charge is 2.26. The smallest absolute Gasteiger partial charge is 0.239 e. The van der Waals surface area contributed by atoms with Crippen LogP contribution in [0.1, 0.15) is 6.42 Å². The lowest BCUT2D eigenvalue weighted by molar-refractivity contribution is -0.130. The van der Waals surface area contributed by atoms with Gasteiger partial charge >= 0.3 is 0 Å². The number of carbonyl (C=O) groups excluding carboxylic acids is 1. The van der Waals surface area contributed by atoms with Gasteiger partial charge in [-0.1, -0.05) is 0 Å². The molecule has 0 aromatic rings. The van der Waals surface area contributed by atoms with Crippen molar-refractivity contribution in [2.45, 2.75) is 12.5 Å². The third kappa shape index (κ3) is 1.20. The fourth-order valence-electron chi connectivity index (χ4n) is 0.905. The van der Waals surface area contributed by atoms with E-state index in [0.717, 1.165) is 0 Å². The zero-order valence-corrected chi connectivity index (χ0v) is 5.29. The number of rotatable bonds is 1. The van der Waals surface area contributed by atoms with Crippen molar-refractivity contribution in [1.29, 1.82) is 0 Å². The first-order valence-electron chi connectivity index (χ1n) is 2.90. The molecule has 1 rings (SSSR count). The molecule has 1 aliphatic rings. The fourth-order valence-corrected chi connectivity index (χ4v) is 0.905. The molecule has 0 spiro atoms. The maximum absolute atomic E-state index is 10.7. The standard InChI is InChI=1S/C5H10N2O2/c1-6-7-3-4(8)2-5(7)9/h4,6,8H,2-3H2,1H3. The summed E-state index contributed by atoms with van der Waals surface area (Å²) in [5.74, 6) is -0.0370. The Kier molecular flexibility index (Phi) is 1.68. The Morgan fingerprint density at radius 3 is 2.78 bits per heavy atom. The molecule has 1 atom stereocenters. The monoisotopic (exact) mass is 130 g/mol. The molecule has 9 heavy (non-hydrogen) atoms.